The van der Waals surface area contributed by atoms with Crippen molar-refractivity contribution in [1.29, 1.82) is 0 Å². The molecule has 1 aliphatic rings. The standard InChI is InChI=1S/C20H16N4O5/c1-12-20(26)23(19-16(29-12)9-10-17(22-19)24(27)28)11-18(25)21-15-8-4-6-13-5-2-3-7-14(13)15/h2-10,12H,11H2,1H3,(H,21,25). The van der Waals surface area contributed by atoms with E-state index in [4.69, 9.17) is 4.74 Å². The summed E-state index contributed by atoms with van der Waals surface area (Å²) in [6.45, 7) is 1.19. The smallest absolute Gasteiger partial charge is 0.366 e. The lowest BCUT2D eigenvalue weighted by atomic mass is 10.1. The van der Waals surface area contributed by atoms with Crippen LogP contribution < -0.4 is 15.0 Å². The molecule has 1 N–H and O–H groups in total. The minimum absolute atomic E-state index is 0.0460. The minimum atomic E-state index is -0.837. The molecule has 2 aromatic carbocycles. The summed E-state index contributed by atoms with van der Waals surface area (Å²) in [5.41, 5.74) is 0.606. The second kappa shape index (κ2) is 7.19. The molecule has 0 saturated heterocycles. The van der Waals surface area contributed by atoms with Gasteiger partial charge in [0.1, 0.15) is 6.54 Å². The summed E-state index contributed by atoms with van der Waals surface area (Å²) in [4.78, 5) is 40.7. The molecule has 0 saturated carbocycles. The van der Waals surface area contributed by atoms with Crippen molar-refractivity contribution < 1.29 is 19.2 Å². The number of carbonyl (C=O) groups is 2. The lowest BCUT2D eigenvalue weighted by Crippen LogP contribution is -2.48. The maximum atomic E-state index is 12.7. The second-order valence-electron chi connectivity index (χ2n) is 6.51. The Balaban J connectivity index is 1.63. The van der Waals surface area contributed by atoms with Crippen molar-refractivity contribution in [2.24, 2.45) is 0 Å². The number of nitrogens with one attached hydrogen (secondary N) is 1. The van der Waals surface area contributed by atoms with Gasteiger partial charge >= 0.3 is 5.82 Å². The molecule has 2 amide bonds. The summed E-state index contributed by atoms with van der Waals surface area (Å²) in [7, 11) is 0. The van der Waals surface area contributed by atoms with Crippen LogP contribution in [-0.4, -0.2) is 34.4 Å². The summed E-state index contributed by atoms with van der Waals surface area (Å²) in [6.07, 6.45) is -0.837. The van der Waals surface area contributed by atoms with Gasteiger partial charge in [-0.3, -0.25) is 14.5 Å². The number of nitrogens with zero attached hydrogens (tertiary/aromatic N) is 3. The van der Waals surface area contributed by atoms with Gasteiger partial charge in [0.05, 0.1) is 0 Å². The number of aromatic nitrogens is 1. The molecule has 0 fully saturated rings. The van der Waals surface area contributed by atoms with Crippen molar-refractivity contribution in [1.82, 2.24) is 4.98 Å². The Hall–Kier alpha value is -4.01. The van der Waals surface area contributed by atoms with Gasteiger partial charge in [-0.15, -0.1) is 0 Å². The predicted octanol–water partition coefficient (Wildman–Crippen LogP) is 2.90. The van der Waals surface area contributed by atoms with Crippen LogP contribution in [0.15, 0.2) is 54.6 Å². The van der Waals surface area contributed by atoms with E-state index in [0.717, 1.165) is 15.7 Å². The highest BCUT2D eigenvalue weighted by Gasteiger charge is 2.37. The van der Waals surface area contributed by atoms with E-state index in [0.29, 0.717) is 5.69 Å². The first kappa shape index (κ1) is 18.4. The van der Waals surface area contributed by atoms with E-state index in [1.54, 1.807) is 13.0 Å². The summed E-state index contributed by atoms with van der Waals surface area (Å²) < 4.78 is 5.46. The monoisotopic (exact) mass is 392 g/mol. The molecule has 146 valence electrons. The Labute approximate surface area is 165 Å². The number of rotatable bonds is 4. The van der Waals surface area contributed by atoms with Crippen LogP contribution in [0.4, 0.5) is 17.3 Å². The van der Waals surface area contributed by atoms with E-state index < -0.39 is 28.7 Å². The molecule has 0 radical (unpaired) electrons. The van der Waals surface area contributed by atoms with E-state index in [-0.39, 0.29) is 18.1 Å². The van der Waals surface area contributed by atoms with Gasteiger partial charge in [-0.2, -0.15) is 0 Å². The van der Waals surface area contributed by atoms with E-state index >= 15 is 0 Å². The van der Waals surface area contributed by atoms with Crippen LogP contribution in [-0.2, 0) is 9.59 Å². The van der Waals surface area contributed by atoms with Crippen molar-refractivity contribution >= 4 is 39.9 Å². The van der Waals surface area contributed by atoms with Crippen LogP contribution in [0, 0.1) is 10.1 Å². The third-order valence-electron chi connectivity index (χ3n) is 4.55. The first-order valence-electron chi connectivity index (χ1n) is 8.85. The zero-order valence-electron chi connectivity index (χ0n) is 15.4. The molecule has 0 bridgehead atoms. The number of ether oxygens (including phenoxy) is 1. The zero-order valence-corrected chi connectivity index (χ0v) is 15.4. The third kappa shape index (κ3) is 3.45. The Morgan fingerprint density at radius 3 is 2.76 bits per heavy atom. The Bertz CT molecular complexity index is 1140. The maximum Gasteiger partial charge on any atom is 0.366 e. The number of benzene rings is 2. The number of hydrogen-bond donors (Lipinski definition) is 1. The van der Waals surface area contributed by atoms with Crippen molar-refractivity contribution in [3.8, 4) is 5.75 Å². The van der Waals surface area contributed by atoms with E-state index in [1.165, 1.54) is 12.1 Å². The Kier molecular flexibility index (Phi) is 4.55. The summed E-state index contributed by atoms with van der Waals surface area (Å²) in [6, 6.07) is 15.7. The number of fused-ring (bicyclic) bond motifs is 2. The summed E-state index contributed by atoms with van der Waals surface area (Å²) in [5, 5.41) is 15.7. The molecule has 3 aromatic rings. The van der Waals surface area contributed by atoms with Gasteiger partial charge in [0, 0.05) is 17.1 Å². The van der Waals surface area contributed by atoms with Crippen molar-refractivity contribution in [2.75, 3.05) is 16.8 Å². The predicted molar refractivity (Wildman–Crippen MR) is 106 cm³/mol. The van der Waals surface area contributed by atoms with Gasteiger partial charge in [0.15, 0.2) is 11.9 Å². The van der Waals surface area contributed by atoms with Crippen LogP contribution in [0.3, 0.4) is 0 Å². The average Bonchev–Trinajstić information content (AvgIpc) is 2.71. The van der Waals surface area contributed by atoms with Gasteiger partial charge in [-0.25, -0.2) is 0 Å². The van der Waals surface area contributed by atoms with Gasteiger partial charge in [-0.05, 0) is 34.3 Å². The van der Waals surface area contributed by atoms with E-state index in [2.05, 4.69) is 10.3 Å². The van der Waals surface area contributed by atoms with Crippen LogP contribution in [0.2, 0.25) is 0 Å². The largest absolute Gasteiger partial charge is 0.475 e. The Morgan fingerprint density at radius 1 is 1.21 bits per heavy atom. The SMILES string of the molecule is CC1Oc2ccc([N+](=O)[O-])nc2N(CC(=O)Nc2cccc3ccccc23)C1=O. The number of carbonyl (C=O) groups excluding carboxylic acids is 2. The van der Waals surface area contributed by atoms with Crippen LogP contribution in [0.25, 0.3) is 10.8 Å². The van der Waals surface area contributed by atoms with E-state index in [9.17, 15) is 19.7 Å². The van der Waals surface area contributed by atoms with Gasteiger partial charge in [0.2, 0.25) is 5.91 Å². The number of amides is 2. The highest BCUT2D eigenvalue weighted by Crippen LogP contribution is 2.34. The van der Waals surface area contributed by atoms with Crippen LogP contribution in [0.1, 0.15) is 6.92 Å². The molecule has 9 heteroatoms. The highest BCUT2D eigenvalue weighted by atomic mass is 16.6. The molecular formula is C20H16N4O5. The summed E-state index contributed by atoms with van der Waals surface area (Å²) in [5.74, 6) is -1.23. The Morgan fingerprint density at radius 2 is 1.97 bits per heavy atom. The molecule has 2 heterocycles. The average molecular weight is 392 g/mol. The lowest BCUT2D eigenvalue weighted by molar-refractivity contribution is -0.389. The fraction of sp³-hybridized carbons (Fsp3) is 0.150. The number of pyridine rings is 1. The van der Waals surface area contributed by atoms with Crippen molar-refractivity contribution in [3.05, 3.63) is 64.7 Å². The molecule has 9 nitrogen and oxygen atoms in total. The first-order chi connectivity index (χ1) is 13.9. The van der Waals surface area contributed by atoms with Crippen LogP contribution >= 0.6 is 0 Å². The highest BCUT2D eigenvalue weighted by molar-refractivity contribution is 6.08. The molecule has 0 aliphatic carbocycles. The quantitative estimate of drug-likeness (QED) is 0.539. The number of anilines is 2. The third-order valence-corrected chi connectivity index (χ3v) is 4.55. The molecule has 0 spiro atoms. The first-order valence-corrected chi connectivity index (χ1v) is 8.85. The van der Waals surface area contributed by atoms with Gasteiger partial charge in [0.25, 0.3) is 11.7 Å². The van der Waals surface area contributed by atoms with Gasteiger partial charge in [-0.1, -0.05) is 36.4 Å². The molecule has 1 aliphatic heterocycles. The lowest BCUT2D eigenvalue weighted by Gasteiger charge is -2.28. The molecule has 29 heavy (non-hydrogen) atoms. The number of nitro groups is 1. The fourth-order valence-electron chi connectivity index (χ4n) is 3.20. The van der Waals surface area contributed by atoms with Gasteiger partial charge < -0.3 is 20.2 Å². The molecular weight excluding hydrogens is 376 g/mol. The molecule has 1 atom stereocenters. The maximum absolute atomic E-state index is 12.7. The topological polar surface area (TPSA) is 115 Å². The molecule has 1 unspecified atom stereocenters. The van der Waals surface area contributed by atoms with E-state index in [1.807, 2.05) is 36.4 Å². The summed E-state index contributed by atoms with van der Waals surface area (Å²) >= 11 is 0. The zero-order chi connectivity index (χ0) is 20.5. The number of hydrogen-bond acceptors (Lipinski definition) is 6. The minimum Gasteiger partial charge on any atom is -0.475 e. The molecule has 4 rings (SSSR count). The van der Waals surface area contributed by atoms with Crippen molar-refractivity contribution in [3.63, 3.8) is 0 Å². The second-order valence-corrected chi connectivity index (χ2v) is 6.51. The normalized spacial score (nSPS) is 15.6. The van der Waals surface area contributed by atoms with Crippen molar-refractivity contribution in [2.45, 2.75) is 13.0 Å². The van der Waals surface area contributed by atoms with Crippen LogP contribution in [0.5, 0.6) is 5.75 Å². The molecule has 1 aromatic heterocycles. The fourth-order valence-corrected chi connectivity index (χ4v) is 3.20.